The van der Waals surface area contributed by atoms with Gasteiger partial charge in [-0.2, -0.15) is 0 Å². The van der Waals surface area contributed by atoms with Gasteiger partial charge in [-0.3, -0.25) is 4.79 Å². The van der Waals surface area contributed by atoms with Crippen LogP contribution in [-0.2, 0) is 4.79 Å². The number of amides is 1. The molecule has 21 heavy (non-hydrogen) atoms. The first-order valence-corrected chi connectivity index (χ1v) is 7.56. The minimum atomic E-state index is -0.0957. The highest BCUT2D eigenvalue weighted by Crippen LogP contribution is 2.27. The summed E-state index contributed by atoms with van der Waals surface area (Å²) < 4.78 is 0. The molecule has 1 fully saturated rings. The molecule has 1 atom stereocenters. The Morgan fingerprint density at radius 3 is 2.38 bits per heavy atom. The molecule has 0 radical (unpaired) electrons. The molecule has 0 aliphatic carbocycles. The fourth-order valence-corrected chi connectivity index (χ4v) is 2.79. The minimum absolute atomic E-state index is 0.0957. The van der Waals surface area contributed by atoms with Gasteiger partial charge in [-0.15, -0.1) is 0 Å². The molecular weight excluding hydrogens is 266 g/mol. The minimum Gasteiger partial charge on any atom is -0.506 e. The summed E-state index contributed by atoms with van der Waals surface area (Å²) in [5.74, 6) is 0.615. The Balaban J connectivity index is 1.97. The average molecular weight is 291 g/mol. The standard InChI is InChI=1S/C16H25N3O2/c1-12(2)13(11-17)16(21)19-9-7-18(8-10-19)14-5-3-4-6-15(14)20/h3-6,12-13,20H,7-11,17H2,1-2H3. The van der Waals surface area contributed by atoms with Crippen molar-refractivity contribution >= 4 is 11.6 Å². The molecule has 5 nitrogen and oxygen atoms in total. The number of aromatic hydroxyl groups is 1. The van der Waals surface area contributed by atoms with Gasteiger partial charge in [0.1, 0.15) is 5.75 Å². The van der Waals surface area contributed by atoms with E-state index in [9.17, 15) is 9.90 Å². The molecule has 1 aromatic rings. The lowest BCUT2D eigenvalue weighted by molar-refractivity contribution is -0.136. The van der Waals surface area contributed by atoms with Crippen molar-refractivity contribution in [3.05, 3.63) is 24.3 Å². The van der Waals surface area contributed by atoms with Gasteiger partial charge >= 0.3 is 0 Å². The Kier molecular flexibility index (Phi) is 5.07. The first-order chi connectivity index (χ1) is 10.0. The van der Waals surface area contributed by atoms with Gasteiger partial charge in [-0.1, -0.05) is 26.0 Å². The highest BCUT2D eigenvalue weighted by Gasteiger charge is 2.28. The Morgan fingerprint density at radius 2 is 1.86 bits per heavy atom. The lowest BCUT2D eigenvalue weighted by Gasteiger charge is -2.38. The van der Waals surface area contributed by atoms with Crippen LogP contribution in [0.2, 0.25) is 0 Å². The third-order valence-corrected chi connectivity index (χ3v) is 4.19. The van der Waals surface area contributed by atoms with E-state index in [1.54, 1.807) is 6.07 Å². The zero-order chi connectivity index (χ0) is 15.4. The van der Waals surface area contributed by atoms with Crippen LogP contribution in [0.5, 0.6) is 5.75 Å². The molecule has 0 aromatic heterocycles. The maximum atomic E-state index is 12.5. The summed E-state index contributed by atoms with van der Waals surface area (Å²) in [4.78, 5) is 16.5. The predicted molar refractivity (Wildman–Crippen MR) is 84.3 cm³/mol. The lowest BCUT2D eigenvalue weighted by atomic mass is 9.94. The van der Waals surface area contributed by atoms with Crippen molar-refractivity contribution in [2.45, 2.75) is 13.8 Å². The number of nitrogens with two attached hydrogens (primary N) is 1. The summed E-state index contributed by atoms with van der Waals surface area (Å²) in [6.07, 6.45) is 0. The summed E-state index contributed by atoms with van der Waals surface area (Å²) in [7, 11) is 0. The molecule has 0 bridgehead atoms. The first kappa shape index (κ1) is 15.6. The van der Waals surface area contributed by atoms with Gasteiger partial charge in [-0.25, -0.2) is 0 Å². The van der Waals surface area contributed by atoms with E-state index in [0.29, 0.717) is 25.4 Å². The van der Waals surface area contributed by atoms with Gasteiger partial charge in [-0.05, 0) is 18.1 Å². The molecular formula is C16H25N3O2. The van der Waals surface area contributed by atoms with Crippen LogP contribution in [0.1, 0.15) is 13.8 Å². The van der Waals surface area contributed by atoms with E-state index in [1.807, 2.05) is 36.9 Å². The number of para-hydroxylation sites is 2. The average Bonchev–Trinajstić information content (AvgIpc) is 2.48. The number of carbonyl (C=O) groups excluding carboxylic acids is 1. The Morgan fingerprint density at radius 1 is 1.24 bits per heavy atom. The van der Waals surface area contributed by atoms with Crippen LogP contribution in [-0.4, -0.2) is 48.6 Å². The van der Waals surface area contributed by atoms with Crippen molar-refractivity contribution in [2.75, 3.05) is 37.6 Å². The van der Waals surface area contributed by atoms with Crippen molar-refractivity contribution in [3.8, 4) is 5.75 Å². The van der Waals surface area contributed by atoms with Crippen molar-refractivity contribution in [3.63, 3.8) is 0 Å². The van der Waals surface area contributed by atoms with Crippen molar-refractivity contribution in [2.24, 2.45) is 17.6 Å². The fraction of sp³-hybridized carbons (Fsp3) is 0.562. The quantitative estimate of drug-likeness (QED) is 0.876. The zero-order valence-electron chi connectivity index (χ0n) is 12.8. The maximum absolute atomic E-state index is 12.5. The molecule has 1 aromatic carbocycles. The van der Waals surface area contributed by atoms with Crippen LogP contribution in [0.4, 0.5) is 5.69 Å². The number of piperazine rings is 1. The number of phenols is 1. The highest BCUT2D eigenvalue weighted by atomic mass is 16.3. The molecule has 1 amide bonds. The molecule has 1 saturated heterocycles. The zero-order valence-corrected chi connectivity index (χ0v) is 12.8. The van der Waals surface area contributed by atoms with Gasteiger partial charge in [0.15, 0.2) is 0 Å². The molecule has 5 heteroatoms. The maximum Gasteiger partial charge on any atom is 0.227 e. The van der Waals surface area contributed by atoms with E-state index in [1.165, 1.54) is 0 Å². The summed E-state index contributed by atoms with van der Waals surface area (Å²) in [5, 5.41) is 9.90. The van der Waals surface area contributed by atoms with Gasteiger partial charge in [0.25, 0.3) is 0 Å². The first-order valence-electron chi connectivity index (χ1n) is 7.56. The number of benzene rings is 1. The smallest absolute Gasteiger partial charge is 0.227 e. The SMILES string of the molecule is CC(C)C(CN)C(=O)N1CCN(c2ccccc2O)CC1. The summed E-state index contributed by atoms with van der Waals surface area (Å²) in [6, 6.07) is 7.32. The van der Waals surface area contributed by atoms with Crippen LogP contribution in [0, 0.1) is 11.8 Å². The van der Waals surface area contributed by atoms with E-state index in [-0.39, 0.29) is 17.7 Å². The predicted octanol–water partition coefficient (Wildman–Crippen LogP) is 1.27. The van der Waals surface area contributed by atoms with Crippen LogP contribution in [0.3, 0.4) is 0 Å². The Bertz CT molecular complexity index is 482. The molecule has 116 valence electrons. The third-order valence-electron chi connectivity index (χ3n) is 4.19. The van der Waals surface area contributed by atoms with Crippen LogP contribution < -0.4 is 10.6 Å². The largest absolute Gasteiger partial charge is 0.506 e. The second-order valence-corrected chi connectivity index (χ2v) is 5.89. The Hall–Kier alpha value is -1.75. The van der Waals surface area contributed by atoms with E-state index in [4.69, 9.17) is 5.73 Å². The second kappa shape index (κ2) is 6.80. The van der Waals surface area contributed by atoms with Gasteiger partial charge in [0.2, 0.25) is 5.91 Å². The summed E-state index contributed by atoms with van der Waals surface area (Å²) in [6.45, 7) is 7.29. The number of phenolic OH excluding ortho intramolecular Hbond substituents is 1. The van der Waals surface area contributed by atoms with E-state index >= 15 is 0 Å². The molecule has 1 heterocycles. The van der Waals surface area contributed by atoms with Crippen molar-refractivity contribution in [1.82, 2.24) is 4.90 Å². The summed E-state index contributed by atoms with van der Waals surface area (Å²) >= 11 is 0. The topological polar surface area (TPSA) is 69.8 Å². The van der Waals surface area contributed by atoms with E-state index in [2.05, 4.69) is 4.90 Å². The van der Waals surface area contributed by atoms with Gasteiger partial charge in [0, 0.05) is 32.7 Å². The molecule has 3 N–H and O–H groups in total. The number of rotatable bonds is 4. The van der Waals surface area contributed by atoms with Crippen LogP contribution >= 0.6 is 0 Å². The second-order valence-electron chi connectivity index (χ2n) is 5.89. The van der Waals surface area contributed by atoms with Gasteiger partial charge in [0.05, 0.1) is 11.6 Å². The fourth-order valence-electron chi connectivity index (χ4n) is 2.79. The molecule has 2 rings (SSSR count). The normalized spacial score (nSPS) is 17.1. The molecule has 1 aliphatic rings. The van der Waals surface area contributed by atoms with E-state index in [0.717, 1.165) is 18.8 Å². The lowest BCUT2D eigenvalue weighted by Crippen LogP contribution is -2.52. The highest BCUT2D eigenvalue weighted by molar-refractivity contribution is 5.79. The number of carbonyl (C=O) groups is 1. The number of anilines is 1. The molecule has 0 saturated carbocycles. The van der Waals surface area contributed by atoms with Crippen molar-refractivity contribution in [1.29, 1.82) is 0 Å². The molecule has 0 spiro atoms. The number of nitrogens with zero attached hydrogens (tertiary/aromatic N) is 2. The van der Waals surface area contributed by atoms with Crippen LogP contribution in [0.25, 0.3) is 0 Å². The number of hydrogen-bond acceptors (Lipinski definition) is 4. The monoisotopic (exact) mass is 291 g/mol. The van der Waals surface area contributed by atoms with Crippen LogP contribution in [0.15, 0.2) is 24.3 Å². The van der Waals surface area contributed by atoms with Crippen molar-refractivity contribution < 1.29 is 9.90 Å². The third kappa shape index (κ3) is 3.47. The summed E-state index contributed by atoms with van der Waals surface area (Å²) in [5.41, 5.74) is 6.57. The molecule has 1 aliphatic heterocycles. The van der Waals surface area contributed by atoms with E-state index < -0.39 is 0 Å². The van der Waals surface area contributed by atoms with Gasteiger partial charge < -0.3 is 20.6 Å². The number of hydrogen-bond donors (Lipinski definition) is 2. The molecule has 1 unspecified atom stereocenters. The Labute approximate surface area is 126 Å².